The van der Waals surface area contributed by atoms with Gasteiger partial charge in [0.1, 0.15) is 6.17 Å². The summed E-state index contributed by atoms with van der Waals surface area (Å²) in [5, 5.41) is 0. The van der Waals surface area contributed by atoms with Crippen LogP contribution in [0.15, 0.2) is 12.7 Å². The minimum absolute atomic E-state index is 0.260. The summed E-state index contributed by atoms with van der Waals surface area (Å²) >= 11 is 0. The maximum Gasteiger partial charge on any atom is 0.121 e. The average Bonchev–Trinajstić information content (AvgIpc) is 2.03. The predicted octanol–water partition coefficient (Wildman–Crippen LogP) is 3.34. The van der Waals surface area contributed by atoms with Crippen LogP contribution in [0.1, 0.15) is 32.6 Å². The molecule has 1 rings (SSSR count). The van der Waals surface area contributed by atoms with E-state index < -0.39 is 6.17 Å². The molecule has 2 unspecified atom stereocenters. The number of allylic oxidation sites excluding steroid dienone is 1. The summed E-state index contributed by atoms with van der Waals surface area (Å²) in [7, 11) is 0. The van der Waals surface area contributed by atoms with Crippen molar-refractivity contribution in [1.29, 1.82) is 0 Å². The third-order valence-corrected chi connectivity index (χ3v) is 2.65. The summed E-state index contributed by atoms with van der Waals surface area (Å²) < 4.78 is 13.1. The van der Waals surface area contributed by atoms with E-state index in [1.807, 2.05) is 0 Å². The highest BCUT2D eigenvalue weighted by Gasteiger charge is 2.24. The van der Waals surface area contributed by atoms with Gasteiger partial charge in [-0.15, -0.1) is 6.58 Å². The van der Waals surface area contributed by atoms with Gasteiger partial charge in [0.05, 0.1) is 0 Å². The molecule has 1 fully saturated rings. The van der Waals surface area contributed by atoms with Crippen LogP contribution in [0, 0.1) is 11.8 Å². The van der Waals surface area contributed by atoms with Gasteiger partial charge < -0.3 is 0 Å². The zero-order chi connectivity index (χ0) is 8.27. The molecule has 11 heavy (non-hydrogen) atoms. The molecule has 0 amide bonds. The third-order valence-electron chi connectivity index (χ3n) is 2.65. The van der Waals surface area contributed by atoms with Gasteiger partial charge in [-0.25, -0.2) is 4.39 Å². The Bertz CT molecular complexity index is 131. The van der Waals surface area contributed by atoms with Crippen molar-refractivity contribution in [2.45, 2.75) is 38.8 Å². The Kier molecular flexibility index (Phi) is 3.10. The van der Waals surface area contributed by atoms with Crippen LogP contribution in [0.25, 0.3) is 0 Å². The van der Waals surface area contributed by atoms with Gasteiger partial charge >= 0.3 is 0 Å². The van der Waals surface area contributed by atoms with Gasteiger partial charge in [-0.2, -0.15) is 0 Å². The van der Waals surface area contributed by atoms with Crippen molar-refractivity contribution in [2.75, 3.05) is 0 Å². The van der Waals surface area contributed by atoms with Crippen LogP contribution < -0.4 is 0 Å². The molecule has 1 aliphatic rings. The SMILES string of the molecule is C=CC(F)[C@@H]1CCCC(C)C1. The van der Waals surface area contributed by atoms with Crippen LogP contribution in [-0.2, 0) is 0 Å². The van der Waals surface area contributed by atoms with Crippen molar-refractivity contribution < 1.29 is 4.39 Å². The predicted molar refractivity (Wildman–Crippen MR) is 46.2 cm³/mol. The van der Waals surface area contributed by atoms with Gasteiger partial charge in [0, 0.05) is 0 Å². The second kappa shape index (κ2) is 3.89. The quantitative estimate of drug-likeness (QED) is 0.538. The lowest BCUT2D eigenvalue weighted by Gasteiger charge is -2.27. The van der Waals surface area contributed by atoms with Gasteiger partial charge in [0.15, 0.2) is 0 Å². The Hall–Kier alpha value is -0.330. The van der Waals surface area contributed by atoms with Gasteiger partial charge in [0.25, 0.3) is 0 Å². The Morgan fingerprint density at radius 3 is 2.82 bits per heavy atom. The smallest absolute Gasteiger partial charge is 0.121 e. The lowest BCUT2D eigenvalue weighted by Crippen LogP contribution is -2.20. The van der Waals surface area contributed by atoms with E-state index in [2.05, 4.69) is 13.5 Å². The molecular formula is C10H17F. The first kappa shape index (κ1) is 8.76. The fourth-order valence-electron chi connectivity index (χ4n) is 1.96. The summed E-state index contributed by atoms with van der Waals surface area (Å²) in [6, 6.07) is 0. The number of halogens is 1. The topological polar surface area (TPSA) is 0 Å². The monoisotopic (exact) mass is 156 g/mol. The van der Waals surface area contributed by atoms with Crippen LogP contribution in [0.2, 0.25) is 0 Å². The molecule has 0 bridgehead atoms. The maximum absolute atomic E-state index is 13.1. The third kappa shape index (κ3) is 2.32. The minimum Gasteiger partial charge on any atom is -0.243 e. The molecule has 0 N–H and O–H groups in total. The largest absolute Gasteiger partial charge is 0.243 e. The minimum atomic E-state index is -0.766. The van der Waals surface area contributed by atoms with E-state index in [4.69, 9.17) is 0 Å². The summed E-state index contributed by atoms with van der Waals surface area (Å²) in [6.45, 7) is 5.70. The highest BCUT2D eigenvalue weighted by atomic mass is 19.1. The fraction of sp³-hybridized carbons (Fsp3) is 0.800. The number of rotatable bonds is 2. The molecule has 0 aliphatic heterocycles. The number of alkyl halides is 1. The van der Waals surface area contributed by atoms with E-state index in [-0.39, 0.29) is 5.92 Å². The van der Waals surface area contributed by atoms with Crippen molar-refractivity contribution in [3.8, 4) is 0 Å². The van der Waals surface area contributed by atoms with E-state index >= 15 is 0 Å². The first-order valence-electron chi connectivity index (χ1n) is 4.50. The molecule has 0 nitrogen and oxygen atoms in total. The molecule has 0 spiro atoms. The summed E-state index contributed by atoms with van der Waals surface area (Å²) in [6.07, 6.45) is 5.26. The molecule has 1 saturated carbocycles. The van der Waals surface area contributed by atoms with Gasteiger partial charge in [-0.3, -0.25) is 0 Å². The van der Waals surface area contributed by atoms with E-state index in [1.54, 1.807) is 0 Å². The Morgan fingerprint density at radius 2 is 2.27 bits per heavy atom. The van der Waals surface area contributed by atoms with E-state index in [1.165, 1.54) is 18.9 Å². The summed E-state index contributed by atoms with van der Waals surface area (Å²) in [4.78, 5) is 0. The van der Waals surface area contributed by atoms with E-state index in [0.29, 0.717) is 5.92 Å². The molecule has 0 aromatic carbocycles. The van der Waals surface area contributed by atoms with E-state index in [0.717, 1.165) is 12.8 Å². The van der Waals surface area contributed by atoms with Crippen LogP contribution in [0.5, 0.6) is 0 Å². The first-order valence-corrected chi connectivity index (χ1v) is 4.50. The van der Waals surface area contributed by atoms with Crippen molar-refractivity contribution in [3.63, 3.8) is 0 Å². The van der Waals surface area contributed by atoms with Crippen molar-refractivity contribution >= 4 is 0 Å². The van der Waals surface area contributed by atoms with Crippen LogP contribution in [0.4, 0.5) is 4.39 Å². The highest BCUT2D eigenvalue weighted by Crippen LogP contribution is 2.32. The molecule has 64 valence electrons. The van der Waals surface area contributed by atoms with Gasteiger partial charge in [-0.05, 0) is 24.7 Å². The van der Waals surface area contributed by atoms with Crippen molar-refractivity contribution in [2.24, 2.45) is 11.8 Å². The molecule has 1 heteroatoms. The van der Waals surface area contributed by atoms with Crippen LogP contribution in [-0.4, -0.2) is 6.17 Å². The molecule has 0 aromatic heterocycles. The highest BCUT2D eigenvalue weighted by molar-refractivity contribution is 4.87. The lowest BCUT2D eigenvalue weighted by atomic mass is 9.80. The van der Waals surface area contributed by atoms with Crippen molar-refractivity contribution in [3.05, 3.63) is 12.7 Å². The molecule has 0 saturated heterocycles. The number of hydrogen-bond donors (Lipinski definition) is 0. The lowest BCUT2D eigenvalue weighted by molar-refractivity contribution is 0.188. The summed E-state index contributed by atoms with van der Waals surface area (Å²) in [5.41, 5.74) is 0. The Balaban J connectivity index is 2.38. The zero-order valence-corrected chi connectivity index (χ0v) is 7.22. The molecular weight excluding hydrogens is 139 g/mol. The standard InChI is InChI=1S/C10H17F/c1-3-10(11)9-6-4-5-8(2)7-9/h3,8-10H,1,4-7H2,2H3/t8?,9-,10?/m1/s1. The average molecular weight is 156 g/mol. The molecule has 0 aromatic rings. The molecule has 1 aliphatic carbocycles. The van der Waals surface area contributed by atoms with Crippen molar-refractivity contribution in [1.82, 2.24) is 0 Å². The van der Waals surface area contributed by atoms with E-state index in [9.17, 15) is 4.39 Å². The number of hydrogen-bond acceptors (Lipinski definition) is 0. The van der Waals surface area contributed by atoms with Gasteiger partial charge in [-0.1, -0.05) is 25.8 Å². The fourth-order valence-corrected chi connectivity index (χ4v) is 1.96. The Labute approximate surface area is 68.5 Å². The van der Waals surface area contributed by atoms with Crippen LogP contribution >= 0.6 is 0 Å². The molecule has 3 atom stereocenters. The first-order chi connectivity index (χ1) is 5.24. The second-order valence-electron chi connectivity index (χ2n) is 3.71. The second-order valence-corrected chi connectivity index (χ2v) is 3.71. The maximum atomic E-state index is 13.1. The zero-order valence-electron chi connectivity index (χ0n) is 7.22. The van der Waals surface area contributed by atoms with Gasteiger partial charge in [0.2, 0.25) is 0 Å². The summed E-state index contributed by atoms with van der Waals surface area (Å²) in [5.74, 6) is 0.975. The molecule has 0 radical (unpaired) electrons. The molecule has 0 heterocycles. The Morgan fingerprint density at radius 1 is 1.55 bits per heavy atom. The van der Waals surface area contributed by atoms with Crippen LogP contribution in [0.3, 0.4) is 0 Å². The normalized spacial score (nSPS) is 34.7.